The Balaban J connectivity index is 2.62. The Bertz CT molecular complexity index is 622. The zero-order valence-electron chi connectivity index (χ0n) is 11.3. The number of hydrogen-bond donors (Lipinski definition) is 0. The summed E-state index contributed by atoms with van der Waals surface area (Å²) in [6, 6.07) is 13.4. The van der Waals surface area contributed by atoms with Crippen LogP contribution in [0.4, 0.5) is 11.4 Å². The van der Waals surface area contributed by atoms with Gasteiger partial charge in [-0.05, 0) is 43.2 Å². The van der Waals surface area contributed by atoms with Crippen molar-refractivity contribution in [3.05, 3.63) is 58.6 Å². The Labute approximate surface area is 118 Å². The van der Waals surface area contributed by atoms with E-state index >= 15 is 0 Å². The van der Waals surface area contributed by atoms with Crippen LogP contribution in [0, 0.1) is 13.8 Å². The van der Waals surface area contributed by atoms with Gasteiger partial charge in [0.2, 0.25) is 5.91 Å². The second-order valence-corrected chi connectivity index (χ2v) is 5.01. The van der Waals surface area contributed by atoms with E-state index in [0.717, 1.165) is 22.5 Å². The highest BCUT2D eigenvalue weighted by Gasteiger charge is 2.17. The van der Waals surface area contributed by atoms with Crippen molar-refractivity contribution in [3.63, 3.8) is 0 Å². The van der Waals surface area contributed by atoms with Crippen LogP contribution in [0.2, 0.25) is 5.02 Å². The second kappa shape index (κ2) is 5.45. The van der Waals surface area contributed by atoms with Gasteiger partial charge in [-0.25, -0.2) is 0 Å². The molecule has 0 unspecified atom stereocenters. The monoisotopic (exact) mass is 273 g/mol. The minimum absolute atomic E-state index is 0.0281. The molecule has 0 N–H and O–H groups in total. The number of aryl methyl sites for hydroxylation is 2. The molecule has 2 nitrogen and oxygen atoms in total. The molecule has 0 saturated carbocycles. The van der Waals surface area contributed by atoms with E-state index in [-0.39, 0.29) is 5.91 Å². The fourth-order valence-corrected chi connectivity index (χ4v) is 2.27. The predicted molar refractivity (Wildman–Crippen MR) is 80.2 cm³/mol. The fraction of sp³-hybridized carbons (Fsp3) is 0.188. The highest BCUT2D eigenvalue weighted by molar-refractivity contribution is 6.31. The van der Waals surface area contributed by atoms with Crippen molar-refractivity contribution in [2.45, 2.75) is 20.8 Å². The van der Waals surface area contributed by atoms with Crippen molar-refractivity contribution in [2.24, 2.45) is 0 Å². The Kier molecular flexibility index (Phi) is 3.91. The third kappa shape index (κ3) is 2.79. The Morgan fingerprint density at radius 3 is 2.26 bits per heavy atom. The van der Waals surface area contributed by atoms with Crippen LogP contribution >= 0.6 is 11.6 Å². The average Bonchev–Trinajstić information content (AvgIpc) is 2.36. The lowest BCUT2D eigenvalue weighted by Crippen LogP contribution is -2.24. The van der Waals surface area contributed by atoms with Crippen LogP contribution in [0.3, 0.4) is 0 Å². The normalized spacial score (nSPS) is 10.3. The van der Waals surface area contributed by atoms with E-state index < -0.39 is 0 Å². The van der Waals surface area contributed by atoms with Crippen LogP contribution in [-0.4, -0.2) is 5.91 Å². The number of benzene rings is 2. The number of amides is 1. The van der Waals surface area contributed by atoms with E-state index in [1.807, 2.05) is 56.3 Å². The summed E-state index contributed by atoms with van der Waals surface area (Å²) in [6.07, 6.45) is 0. The lowest BCUT2D eigenvalue weighted by atomic mass is 10.1. The number of rotatable bonds is 2. The summed E-state index contributed by atoms with van der Waals surface area (Å²) in [4.78, 5) is 13.7. The molecule has 0 atom stereocenters. The standard InChI is InChI=1S/C16H16ClNO/c1-11-6-4-5-7-15(11)18(13(3)19)16-10-14(17)9-8-12(16)2/h4-10H,1-3H3. The van der Waals surface area contributed by atoms with Gasteiger partial charge in [-0.2, -0.15) is 0 Å². The third-order valence-corrected chi connectivity index (χ3v) is 3.32. The van der Waals surface area contributed by atoms with Gasteiger partial charge in [0, 0.05) is 11.9 Å². The van der Waals surface area contributed by atoms with E-state index in [4.69, 9.17) is 11.6 Å². The van der Waals surface area contributed by atoms with Gasteiger partial charge >= 0.3 is 0 Å². The first-order valence-electron chi connectivity index (χ1n) is 6.13. The molecule has 3 heteroatoms. The first kappa shape index (κ1) is 13.6. The number of anilines is 2. The molecule has 0 aliphatic carbocycles. The SMILES string of the molecule is CC(=O)N(c1ccccc1C)c1cc(Cl)ccc1C. The second-order valence-electron chi connectivity index (χ2n) is 4.57. The van der Waals surface area contributed by atoms with Gasteiger partial charge in [0.15, 0.2) is 0 Å². The molecular weight excluding hydrogens is 258 g/mol. The summed E-state index contributed by atoms with van der Waals surface area (Å²) in [5, 5.41) is 0.625. The van der Waals surface area contributed by atoms with Gasteiger partial charge in [-0.15, -0.1) is 0 Å². The molecule has 1 amide bonds. The summed E-state index contributed by atoms with van der Waals surface area (Å²) in [5.41, 5.74) is 3.79. The van der Waals surface area contributed by atoms with Gasteiger partial charge in [0.1, 0.15) is 0 Å². The molecule has 0 heterocycles. The van der Waals surface area contributed by atoms with Crippen molar-refractivity contribution in [1.29, 1.82) is 0 Å². The maximum absolute atomic E-state index is 12.0. The van der Waals surface area contributed by atoms with Crippen molar-refractivity contribution in [2.75, 3.05) is 4.90 Å². The number of carbonyl (C=O) groups is 1. The zero-order valence-corrected chi connectivity index (χ0v) is 12.0. The minimum atomic E-state index is -0.0281. The Morgan fingerprint density at radius 1 is 1.00 bits per heavy atom. The molecule has 0 radical (unpaired) electrons. The Hall–Kier alpha value is -1.80. The van der Waals surface area contributed by atoms with Crippen LogP contribution in [0.15, 0.2) is 42.5 Å². The molecule has 98 valence electrons. The number of carbonyl (C=O) groups excluding carboxylic acids is 1. The van der Waals surface area contributed by atoms with Crippen molar-refractivity contribution < 1.29 is 4.79 Å². The third-order valence-electron chi connectivity index (χ3n) is 3.08. The first-order chi connectivity index (χ1) is 9.00. The number of halogens is 1. The molecule has 0 fully saturated rings. The largest absolute Gasteiger partial charge is 0.281 e. The smallest absolute Gasteiger partial charge is 0.228 e. The van der Waals surface area contributed by atoms with Crippen molar-refractivity contribution >= 4 is 28.9 Å². The van der Waals surface area contributed by atoms with Crippen LogP contribution in [-0.2, 0) is 4.79 Å². The molecule has 0 aliphatic heterocycles. The summed E-state index contributed by atoms with van der Waals surface area (Å²) >= 11 is 6.05. The topological polar surface area (TPSA) is 20.3 Å². The molecule has 0 aliphatic rings. The maximum Gasteiger partial charge on any atom is 0.228 e. The van der Waals surface area contributed by atoms with Gasteiger partial charge in [-0.1, -0.05) is 35.9 Å². The molecule has 2 aromatic carbocycles. The van der Waals surface area contributed by atoms with Crippen molar-refractivity contribution in [3.8, 4) is 0 Å². The molecule has 19 heavy (non-hydrogen) atoms. The minimum Gasteiger partial charge on any atom is -0.281 e. The van der Waals surface area contributed by atoms with Crippen LogP contribution in [0.1, 0.15) is 18.1 Å². The quantitative estimate of drug-likeness (QED) is 0.780. The van der Waals surface area contributed by atoms with Gasteiger partial charge in [-0.3, -0.25) is 9.69 Å². The molecule has 0 spiro atoms. The number of nitrogens with zero attached hydrogens (tertiary/aromatic N) is 1. The molecule has 0 bridgehead atoms. The fourth-order valence-electron chi connectivity index (χ4n) is 2.11. The predicted octanol–water partition coefficient (Wildman–Crippen LogP) is 4.64. The van der Waals surface area contributed by atoms with Gasteiger partial charge < -0.3 is 0 Å². The van der Waals surface area contributed by atoms with Gasteiger partial charge in [0.25, 0.3) is 0 Å². The van der Waals surface area contributed by atoms with E-state index in [9.17, 15) is 4.79 Å². The van der Waals surface area contributed by atoms with Crippen LogP contribution in [0.5, 0.6) is 0 Å². The van der Waals surface area contributed by atoms with Gasteiger partial charge in [0.05, 0.1) is 11.4 Å². The first-order valence-corrected chi connectivity index (χ1v) is 6.51. The van der Waals surface area contributed by atoms with Crippen LogP contribution < -0.4 is 4.90 Å². The Morgan fingerprint density at radius 2 is 1.63 bits per heavy atom. The highest BCUT2D eigenvalue weighted by Crippen LogP contribution is 2.32. The van der Waals surface area contributed by atoms with Crippen molar-refractivity contribution in [1.82, 2.24) is 0 Å². The summed E-state index contributed by atoms with van der Waals surface area (Å²) < 4.78 is 0. The highest BCUT2D eigenvalue weighted by atomic mass is 35.5. The average molecular weight is 274 g/mol. The summed E-state index contributed by atoms with van der Waals surface area (Å²) in [7, 11) is 0. The summed E-state index contributed by atoms with van der Waals surface area (Å²) in [5.74, 6) is -0.0281. The lowest BCUT2D eigenvalue weighted by molar-refractivity contribution is -0.115. The van der Waals surface area contributed by atoms with E-state index in [0.29, 0.717) is 5.02 Å². The summed E-state index contributed by atoms with van der Waals surface area (Å²) in [6.45, 7) is 5.53. The molecule has 0 aromatic heterocycles. The van der Waals surface area contributed by atoms with E-state index in [1.54, 1.807) is 11.8 Å². The zero-order chi connectivity index (χ0) is 14.0. The van der Waals surface area contributed by atoms with Crippen LogP contribution in [0.25, 0.3) is 0 Å². The molecular formula is C16H16ClNO. The maximum atomic E-state index is 12.0. The van der Waals surface area contributed by atoms with E-state index in [2.05, 4.69) is 0 Å². The van der Waals surface area contributed by atoms with E-state index in [1.165, 1.54) is 0 Å². The molecule has 0 saturated heterocycles. The lowest BCUT2D eigenvalue weighted by Gasteiger charge is -2.25. The number of para-hydroxylation sites is 1. The number of hydrogen-bond acceptors (Lipinski definition) is 1. The molecule has 2 rings (SSSR count). The molecule has 2 aromatic rings.